The lowest BCUT2D eigenvalue weighted by molar-refractivity contribution is -0.274. The Labute approximate surface area is 139 Å². The Balaban J connectivity index is 0.00000264. The molecule has 1 aliphatic heterocycles. The van der Waals surface area contributed by atoms with E-state index >= 15 is 0 Å². The Kier molecular flexibility index (Phi) is 7.15. The van der Waals surface area contributed by atoms with Crippen LogP contribution in [0.25, 0.3) is 0 Å². The van der Waals surface area contributed by atoms with Crippen molar-refractivity contribution in [2.24, 2.45) is 11.8 Å². The predicted molar refractivity (Wildman–Crippen MR) is 82.6 cm³/mol. The molecule has 8 heteroatoms. The first kappa shape index (κ1) is 19.6. The summed E-state index contributed by atoms with van der Waals surface area (Å²) < 4.78 is 39.9. The van der Waals surface area contributed by atoms with Crippen LogP contribution in [0.4, 0.5) is 13.2 Å². The van der Waals surface area contributed by atoms with Gasteiger partial charge in [-0.1, -0.05) is 19.1 Å². The Bertz CT molecular complexity index is 504. The summed E-state index contributed by atoms with van der Waals surface area (Å²) in [6.45, 7) is 4.11. The second-order valence-corrected chi connectivity index (χ2v) is 5.44. The lowest BCUT2D eigenvalue weighted by Crippen LogP contribution is -2.49. The van der Waals surface area contributed by atoms with Crippen molar-refractivity contribution in [1.82, 2.24) is 10.6 Å². The Morgan fingerprint density at radius 2 is 1.96 bits per heavy atom. The molecule has 2 rings (SSSR count). The monoisotopic (exact) mass is 352 g/mol. The molecule has 1 atom stereocenters. The number of carbonyl (C=O) groups is 1. The number of alkyl halides is 3. The normalized spacial score (nSPS) is 16.0. The minimum Gasteiger partial charge on any atom is -0.406 e. The third-order valence-electron chi connectivity index (χ3n) is 3.80. The molecule has 23 heavy (non-hydrogen) atoms. The summed E-state index contributed by atoms with van der Waals surface area (Å²) in [5.74, 6) is 0.137. The van der Waals surface area contributed by atoms with Gasteiger partial charge >= 0.3 is 6.36 Å². The third kappa shape index (κ3) is 6.27. The highest BCUT2D eigenvalue weighted by atomic mass is 35.5. The van der Waals surface area contributed by atoms with E-state index < -0.39 is 6.36 Å². The van der Waals surface area contributed by atoms with E-state index in [1.54, 1.807) is 12.1 Å². The molecule has 0 bridgehead atoms. The first-order valence-corrected chi connectivity index (χ1v) is 7.18. The molecule has 0 radical (unpaired) electrons. The number of rotatable bonds is 6. The topological polar surface area (TPSA) is 50.4 Å². The lowest BCUT2D eigenvalue weighted by Gasteiger charge is -2.31. The smallest absolute Gasteiger partial charge is 0.406 e. The van der Waals surface area contributed by atoms with E-state index in [0.29, 0.717) is 18.9 Å². The van der Waals surface area contributed by atoms with E-state index in [9.17, 15) is 18.0 Å². The minimum absolute atomic E-state index is 0. The van der Waals surface area contributed by atoms with Gasteiger partial charge in [-0.25, -0.2) is 0 Å². The highest BCUT2D eigenvalue weighted by Crippen LogP contribution is 2.22. The van der Waals surface area contributed by atoms with E-state index in [2.05, 4.69) is 15.4 Å². The number of benzene rings is 1. The van der Waals surface area contributed by atoms with Crippen LogP contribution in [0.1, 0.15) is 12.5 Å². The first-order valence-electron chi connectivity index (χ1n) is 7.18. The van der Waals surface area contributed by atoms with Crippen LogP contribution in [0.15, 0.2) is 24.3 Å². The molecule has 1 saturated heterocycles. The molecule has 1 aliphatic rings. The largest absolute Gasteiger partial charge is 0.573 e. The van der Waals surface area contributed by atoms with Gasteiger partial charge in [-0.15, -0.1) is 25.6 Å². The van der Waals surface area contributed by atoms with Crippen LogP contribution in [-0.4, -0.2) is 31.9 Å². The van der Waals surface area contributed by atoms with Gasteiger partial charge in [0.15, 0.2) is 0 Å². The summed E-state index contributed by atoms with van der Waals surface area (Å²) in [4.78, 5) is 11.9. The fourth-order valence-corrected chi connectivity index (χ4v) is 2.23. The number of hydrogen-bond donors (Lipinski definition) is 2. The zero-order chi connectivity index (χ0) is 16.2. The van der Waals surface area contributed by atoms with Gasteiger partial charge in [0, 0.05) is 12.5 Å². The van der Waals surface area contributed by atoms with Crippen LogP contribution >= 0.6 is 12.4 Å². The maximum atomic E-state index is 12.0. The van der Waals surface area contributed by atoms with Gasteiger partial charge < -0.3 is 15.4 Å². The Morgan fingerprint density at radius 3 is 2.43 bits per heavy atom. The molecule has 1 aromatic rings. The molecular formula is C15H20ClF3N2O2. The summed E-state index contributed by atoms with van der Waals surface area (Å²) >= 11 is 0. The van der Waals surface area contributed by atoms with E-state index in [4.69, 9.17) is 0 Å². The fourth-order valence-electron chi connectivity index (χ4n) is 2.23. The molecular weight excluding hydrogens is 333 g/mol. The first-order chi connectivity index (χ1) is 10.3. The summed E-state index contributed by atoms with van der Waals surface area (Å²) in [6, 6.07) is 5.67. The van der Waals surface area contributed by atoms with Gasteiger partial charge in [0.05, 0.1) is 0 Å². The van der Waals surface area contributed by atoms with Crippen LogP contribution in [0.5, 0.6) is 5.75 Å². The van der Waals surface area contributed by atoms with Crippen molar-refractivity contribution in [3.8, 4) is 5.75 Å². The van der Waals surface area contributed by atoms with Gasteiger partial charge in [-0.2, -0.15) is 0 Å². The van der Waals surface area contributed by atoms with Crippen LogP contribution in [-0.2, 0) is 11.2 Å². The maximum Gasteiger partial charge on any atom is 0.573 e. The van der Waals surface area contributed by atoms with Crippen molar-refractivity contribution < 1.29 is 22.7 Å². The van der Waals surface area contributed by atoms with Crippen molar-refractivity contribution in [2.45, 2.75) is 19.7 Å². The Morgan fingerprint density at radius 1 is 1.35 bits per heavy atom. The number of carbonyl (C=O) groups excluding carboxylic acids is 1. The summed E-state index contributed by atoms with van der Waals surface area (Å²) in [6.07, 6.45) is -4.12. The van der Waals surface area contributed by atoms with Crippen molar-refractivity contribution in [3.63, 3.8) is 0 Å². The number of ether oxygens (including phenoxy) is 1. The highest BCUT2D eigenvalue weighted by Gasteiger charge is 2.31. The van der Waals surface area contributed by atoms with Gasteiger partial charge in [-0.05, 0) is 43.1 Å². The third-order valence-corrected chi connectivity index (χ3v) is 3.80. The van der Waals surface area contributed by atoms with Gasteiger partial charge in [0.1, 0.15) is 5.75 Å². The molecule has 1 unspecified atom stereocenters. The molecule has 0 saturated carbocycles. The average molecular weight is 353 g/mol. The average Bonchev–Trinajstić information content (AvgIpc) is 2.37. The van der Waals surface area contributed by atoms with E-state index in [0.717, 1.165) is 18.7 Å². The fraction of sp³-hybridized carbons (Fsp3) is 0.533. The van der Waals surface area contributed by atoms with Crippen molar-refractivity contribution in [1.29, 1.82) is 0 Å². The summed E-state index contributed by atoms with van der Waals surface area (Å²) in [5, 5.41) is 5.98. The molecule has 1 fully saturated rings. The second-order valence-electron chi connectivity index (χ2n) is 5.44. The lowest BCUT2D eigenvalue weighted by atomic mass is 9.88. The minimum atomic E-state index is -4.68. The van der Waals surface area contributed by atoms with E-state index in [-0.39, 0.29) is 30.0 Å². The zero-order valence-electron chi connectivity index (χ0n) is 12.7. The van der Waals surface area contributed by atoms with Gasteiger partial charge in [0.2, 0.25) is 5.91 Å². The molecule has 2 N–H and O–H groups in total. The van der Waals surface area contributed by atoms with Crippen molar-refractivity contribution in [2.75, 3.05) is 19.6 Å². The number of nitrogens with one attached hydrogen (secondary N) is 2. The molecule has 0 aromatic heterocycles. The quantitative estimate of drug-likeness (QED) is 0.827. The molecule has 0 aliphatic carbocycles. The van der Waals surface area contributed by atoms with E-state index in [1.807, 2.05) is 6.92 Å². The molecule has 130 valence electrons. The molecule has 0 spiro atoms. The van der Waals surface area contributed by atoms with Gasteiger partial charge in [-0.3, -0.25) is 4.79 Å². The van der Waals surface area contributed by atoms with Crippen molar-refractivity contribution >= 4 is 18.3 Å². The highest BCUT2D eigenvalue weighted by molar-refractivity contribution is 5.85. The molecule has 4 nitrogen and oxygen atoms in total. The molecule has 1 amide bonds. The van der Waals surface area contributed by atoms with Gasteiger partial charge in [0.25, 0.3) is 0 Å². The number of amides is 1. The maximum absolute atomic E-state index is 12.0. The van der Waals surface area contributed by atoms with E-state index in [1.165, 1.54) is 12.1 Å². The van der Waals surface area contributed by atoms with Crippen LogP contribution in [0.2, 0.25) is 0 Å². The summed E-state index contributed by atoms with van der Waals surface area (Å²) in [7, 11) is 0. The van der Waals surface area contributed by atoms with Crippen LogP contribution in [0.3, 0.4) is 0 Å². The zero-order valence-corrected chi connectivity index (χ0v) is 13.5. The van der Waals surface area contributed by atoms with Crippen LogP contribution < -0.4 is 15.4 Å². The second kappa shape index (κ2) is 8.40. The number of hydrogen-bond acceptors (Lipinski definition) is 3. The molecule has 1 aromatic carbocycles. The standard InChI is InChI=1S/C15H19F3N2O2.ClH/c1-10(12-8-19-9-12)14(21)20-7-6-11-2-4-13(5-3-11)22-15(16,17)18;/h2-5,10,12,19H,6-9H2,1H3,(H,20,21);1H. The van der Waals surface area contributed by atoms with Crippen molar-refractivity contribution in [3.05, 3.63) is 29.8 Å². The molecule has 1 heterocycles. The predicted octanol–water partition coefficient (Wildman–Crippen LogP) is 2.52. The number of halogens is 4. The Hall–Kier alpha value is -1.47. The summed E-state index contributed by atoms with van der Waals surface area (Å²) in [5.41, 5.74) is 0.841. The van der Waals surface area contributed by atoms with Crippen LogP contribution in [0, 0.1) is 11.8 Å². The SMILES string of the molecule is CC(C(=O)NCCc1ccc(OC(F)(F)F)cc1)C1CNC1.Cl.